The third kappa shape index (κ3) is 3.47. The van der Waals surface area contributed by atoms with E-state index in [1.165, 1.54) is 5.56 Å². The molecule has 0 fully saturated rings. The van der Waals surface area contributed by atoms with E-state index in [2.05, 4.69) is 46.3 Å². The van der Waals surface area contributed by atoms with Crippen molar-refractivity contribution in [1.29, 1.82) is 0 Å². The molecule has 0 unspecified atom stereocenters. The highest BCUT2D eigenvalue weighted by Crippen LogP contribution is 2.39. The lowest BCUT2D eigenvalue weighted by Crippen LogP contribution is -2.25. The molecule has 1 aliphatic heterocycles. The maximum atomic E-state index is 10.7. The van der Waals surface area contributed by atoms with E-state index >= 15 is 0 Å². The van der Waals surface area contributed by atoms with Gasteiger partial charge in [-0.15, -0.1) is 11.3 Å². The Morgan fingerprint density at radius 3 is 2.88 bits per heavy atom. The molecule has 5 aromatic rings. The maximum absolute atomic E-state index is 10.7. The number of hydrogen-bond acceptors (Lipinski definition) is 6. The Morgan fingerprint density at radius 1 is 1.03 bits per heavy atom. The molecule has 0 saturated carbocycles. The van der Waals surface area contributed by atoms with E-state index in [1.807, 2.05) is 30.5 Å². The number of thiazole rings is 1. The number of benzene rings is 3. The van der Waals surface area contributed by atoms with Gasteiger partial charge in [0.2, 0.25) is 0 Å². The average molecular weight is 440 g/mol. The van der Waals surface area contributed by atoms with E-state index in [0.29, 0.717) is 18.9 Å². The van der Waals surface area contributed by atoms with Crippen molar-refractivity contribution in [3.63, 3.8) is 0 Å². The SMILES string of the molecule is Oc1cc(-c2nc3ccccc3s2)cc2c1OCCN(Cc1cccc3cccnc13)C2. The van der Waals surface area contributed by atoms with Crippen LogP contribution in [0, 0.1) is 0 Å². The van der Waals surface area contributed by atoms with Crippen molar-refractivity contribution in [2.75, 3.05) is 13.2 Å². The molecule has 3 aromatic carbocycles. The van der Waals surface area contributed by atoms with E-state index < -0.39 is 0 Å². The van der Waals surface area contributed by atoms with Crippen molar-refractivity contribution < 1.29 is 9.84 Å². The second kappa shape index (κ2) is 7.89. The van der Waals surface area contributed by atoms with Gasteiger partial charge in [0.25, 0.3) is 0 Å². The Labute approximate surface area is 189 Å². The highest BCUT2D eigenvalue weighted by atomic mass is 32.1. The fraction of sp³-hybridized carbons (Fsp3) is 0.154. The Hall–Kier alpha value is -3.48. The number of hydrogen-bond donors (Lipinski definition) is 1. The topological polar surface area (TPSA) is 58.5 Å². The Bertz CT molecular complexity index is 1410. The molecule has 0 atom stereocenters. The van der Waals surface area contributed by atoms with Crippen molar-refractivity contribution >= 4 is 32.5 Å². The van der Waals surface area contributed by atoms with Crippen molar-refractivity contribution in [3.05, 3.63) is 84.1 Å². The molecule has 3 heterocycles. The summed E-state index contributed by atoms with van der Waals surface area (Å²) in [6, 6.07) is 22.3. The van der Waals surface area contributed by atoms with Gasteiger partial charge in [-0.2, -0.15) is 0 Å². The third-order valence-electron chi connectivity index (χ3n) is 5.85. The second-order valence-electron chi connectivity index (χ2n) is 8.02. The molecule has 0 amide bonds. The first kappa shape index (κ1) is 19.2. The summed E-state index contributed by atoms with van der Waals surface area (Å²) in [5.74, 6) is 0.749. The Morgan fingerprint density at radius 2 is 1.94 bits per heavy atom. The molecule has 0 spiro atoms. The summed E-state index contributed by atoms with van der Waals surface area (Å²) in [6.45, 7) is 2.75. The molecular weight excluding hydrogens is 418 g/mol. The van der Waals surface area contributed by atoms with Crippen LogP contribution < -0.4 is 4.74 Å². The summed E-state index contributed by atoms with van der Waals surface area (Å²) >= 11 is 1.63. The van der Waals surface area contributed by atoms with Crippen molar-refractivity contribution in [2.45, 2.75) is 13.1 Å². The van der Waals surface area contributed by atoms with Crippen LogP contribution >= 0.6 is 11.3 Å². The fourth-order valence-electron chi connectivity index (χ4n) is 4.34. The van der Waals surface area contributed by atoms with E-state index in [0.717, 1.165) is 50.3 Å². The molecule has 158 valence electrons. The van der Waals surface area contributed by atoms with Gasteiger partial charge in [-0.1, -0.05) is 36.4 Å². The first-order valence-electron chi connectivity index (χ1n) is 10.6. The van der Waals surface area contributed by atoms with E-state index in [4.69, 9.17) is 9.72 Å². The normalized spacial score (nSPS) is 14.2. The van der Waals surface area contributed by atoms with Gasteiger partial charge in [0.15, 0.2) is 11.5 Å². The zero-order valence-corrected chi connectivity index (χ0v) is 18.2. The van der Waals surface area contributed by atoms with Crippen LogP contribution in [0.5, 0.6) is 11.5 Å². The molecule has 0 saturated heterocycles. The quantitative estimate of drug-likeness (QED) is 0.396. The maximum Gasteiger partial charge on any atom is 0.165 e. The molecular formula is C26H21N3O2S. The number of aromatic nitrogens is 2. The van der Waals surface area contributed by atoms with Gasteiger partial charge in [0.05, 0.1) is 15.7 Å². The van der Waals surface area contributed by atoms with Crippen LogP contribution in [0.3, 0.4) is 0 Å². The molecule has 0 aliphatic carbocycles. The monoisotopic (exact) mass is 439 g/mol. The summed E-state index contributed by atoms with van der Waals surface area (Å²) in [5, 5.41) is 12.8. The summed E-state index contributed by atoms with van der Waals surface area (Å²) in [4.78, 5) is 11.7. The second-order valence-corrected chi connectivity index (χ2v) is 9.05. The summed E-state index contributed by atoms with van der Waals surface area (Å²) in [7, 11) is 0. The third-order valence-corrected chi connectivity index (χ3v) is 6.93. The number of ether oxygens (including phenoxy) is 1. The predicted molar refractivity (Wildman–Crippen MR) is 128 cm³/mol. The predicted octanol–water partition coefficient (Wildman–Crippen LogP) is 5.61. The van der Waals surface area contributed by atoms with Gasteiger partial charge in [-0.25, -0.2) is 4.98 Å². The lowest BCUT2D eigenvalue weighted by Gasteiger charge is -2.20. The van der Waals surface area contributed by atoms with E-state index in [1.54, 1.807) is 17.4 Å². The van der Waals surface area contributed by atoms with Crippen LogP contribution in [0.4, 0.5) is 0 Å². The van der Waals surface area contributed by atoms with Crippen LogP contribution in [-0.2, 0) is 13.1 Å². The molecule has 1 N–H and O–H groups in total. The Kier molecular flexibility index (Phi) is 4.74. The molecule has 1 aliphatic rings. The fourth-order valence-corrected chi connectivity index (χ4v) is 5.30. The summed E-state index contributed by atoms with van der Waals surface area (Å²) < 4.78 is 7.10. The number of phenols is 1. The summed E-state index contributed by atoms with van der Waals surface area (Å²) in [6.07, 6.45) is 1.84. The number of fused-ring (bicyclic) bond motifs is 3. The number of aromatic hydroxyl groups is 1. The standard InChI is InChI=1S/C26H21N3O2S/c30-22-14-19(26-28-21-8-1-2-9-23(21)32-26)13-20-16-29(11-12-31-25(20)22)15-18-6-3-5-17-7-4-10-27-24(17)18/h1-10,13-14,30H,11-12,15-16H2. The van der Waals surface area contributed by atoms with Crippen molar-refractivity contribution in [2.24, 2.45) is 0 Å². The van der Waals surface area contributed by atoms with Gasteiger partial charge >= 0.3 is 0 Å². The lowest BCUT2D eigenvalue weighted by atomic mass is 10.1. The molecule has 0 radical (unpaired) electrons. The highest BCUT2D eigenvalue weighted by molar-refractivity contribution is 7.21. The van der Waals surface area contributed by atoms with Gasteiger partial charge in [0, 0.05) is 42.3 Å². The minimum Gasteiger partial charge on any atom is -0.504 e. The number of rotatable bonds is 3. The number of para-hydroxylation sites is 2. The van der Waals surface area contributed by atoms with Crippen molar-refractivity contribution in [1.82, 2.24) is 14.9 Å². The smallest absolute Gasteiger partial charge is 0.165 e. The molecule has 0 bridgehead atoms. The van der Waals surface area contributed by atoms with Crippen LogP contribution in [0.15, 0.2) is 72.9 Å². The number of phenolic OH excluding ortho intramolecular Hbond substituents is 1. The van der Waals surface area contributed by atoms with E-state index in [-0.39, 0.29) is 5.75 Å². The van der Waals surface area contributed by atoms with Gasteiger partial charge in [-0.05, 0) is 35.9 Å². The zero-order valence-electron chi connectivity index (χ0n) is 17.4. The first-order valence-corrected chi connectivity index (χ1v) is 11.5. The van der Waals surface area contributed by atoms with Gasteiger partial charge in [0.1, 0.15) is 11.6 Å². The molecule has 2 aromatic heterocycles. The molecule has 5 nitrogen and oxygen atoms in total. The van der Waals surface area contributed by atoms with Crippen LogP contribution in [-0.4, -0.2) is 33.1 Å². The van der Waals surface area contributed by atoms with Crippen LogP contribution in [0.1, 0.15) is 11.1 Å². The molecule has 32 heavy (non-hydrogen) atoms. The summed E-state index contributed by atoms with van der Waals surface area (Å²) in [5.41, 5.74) is 5.09. The van der Waals surface area contributed by atoms with E-state index in [9.17, 15) is 5.11 Å². The number of pyridine rings is 1. The minimum atomic E-state index is 0.172. The zero-order chi connectivity index (χ0) is 21.5. The number of nitrogens with zero attached hydrogens (tertiary/aromatic N) is 3. The largest absolute Gasteiger partial charge is 0.504 e. The lowest BCUT2D eigenvalue weighted by molar-refractivity contribution is 0.217. The average Bonchev–Trinajstić information content (AvgIpc) is 3.14. The van der Waals surface area contributed by atoms with Crippen molar-refractivity contribution in [3.8, 4) is 22.1 Å². The minimum absolute atomic E-state index is 0.172. The molecule has 6 heteroatoms. The Balaban J connectivity index is 1.35. The van der Waals surface area contributed by atoms with Gasteiger partial charge < -0.3 is 9.84 Å². The molecule has 6 rings (SSSR count). The highest BCUT2D eigenvalue weighted by Gasteiger charge is 2.21. The first-order chi connectivity index (χ1) is 15.7. The van der Waals surface area contributed by atoms with Crippen LogP contribution in [0.25, 0.3) is 31.7 Å². The van der Waals surface area contributed by atoms with Gasteiger partial charge in [-0.3, -0.25) is 9.88 Å². The van der Waals surface area contributed by atoms with Crippen LogP contribution in [0.2, 0.25) is 0 Å².